The first-order chi connectivity index (χ1) is 13.8. The van der Waals surface area contributed by atoms with Crippen molar-refractivity contribution in [3.8, 4) is 6.07 Å². The van der Waals surface area contributed by atoms with Crippen LogP contribution in [0.3, 0.4) is 0 Å². The highest BCUT2D eigenvalue weighted by molar-refractivity contribution is 5.93. The van der Waals surface area contributed by atoms with Crippen LogP contribution in [0.2, 0.25) is 0 Å². The summed E-state index contributed by atoms with van der Waals surface area (Å²) in [5, 5.41) is 11.3. The second-order valence-electron chi connectivity index (χ2n) is 6.33. The van der Waals surface area contributed by atoms with Crippen LogP contribution in [0, 0.1) is 25.2 Å². The maximum Gasteiger partial charge on any atom is 0.339 e. The highest BCUT2D eigenvalue weighted by atomic mass is 16.5. The molecule has 2 aromatic rings. The molecule has 0 unspecified atom stereocenters. The van der Waals surface area contributed by atoms with Crippen molar-refractivity contribution in [3.63, 3.8) is 0 Å². The Kier molecular flexibility index (Phi) is 7.54. The van der Waals surface area contributed by atoms with Gasteiger partial charge in [0.1, 0.15) is 6.54 Å². The number of aryl methyl sites for hydroxylation is 1. The van der Waals surface area contributed by atoms with Crippen LogP contribution >= 0.6 is 0 Å². The molecule has 0 bridgehead atoms. The monoisotopic (exact) mass is 397 g/mol. The average Bonchev–Trinajstić information content (AvgIpc) is 2.96. The summed E-state index contributed by atoms with van der Waals surface area (Å²) in [6.07, 6.45) is 0.294. The van der Waals surface area contributed by atoms with Gasteiger partial charge in [0.05, 0.1) is 24.7 Å². The summed E-state index contributed by atoms with van der Waals surface area (Å²) in [7, 11) is 0. The van der Waals surface area contributed by atoms with Crippen molar-refractivity contribution in [1.82, 2.24) is 4.57 Å². The van der Waals surface area contributed by atoms with Crippen LogP contribution < -0.4 is 5.32 Å². The number of aromatic nitrogens is 1. The van der Waals surface area contributed by atoms with Gasteiger partial charge in [-0.2, -0.15) is 5.26 Å². The largest absolute Gasteiger partial charge is 0.462 e. The lowest BCUT2D eigenvalue weighted by atomic mass is 10.1. The minimum absolute atomic E-state index is 0.118. The van der Waals surface area contributed by atoms with E-state index in [9.17, 15) is 14.4 Å². The fourth-order valence-electron chi connectivity index (χ4n) is 2.78. The molecule has 1 aromatic carbocycles. The highest BCUT2D eigenvalue weighted by Crippen LogP contribution is 2.16. The molecule has 2 rings (SSSR count). The number of carbonyl (C=O) groups excluding carboxylic acids is 3. The van der Waals surface area contributed by atoms with E-state index in [1.165, 1.54) is 0 Å². The van der Waals surface area contributed by atoms with Gasteiger partial charge in [-0.1, -0.05) is 12.1 Å². The SMILES string of the molecule is CCOC(=O)c1cc(C)n(CC(=O)OCC(=O)Nc2ccc(CC#N)cc2)c1C. The summed E-state index contributed by atoms with van der Waals surface area (Å²) in [5.41, 5.74) is 3.10. The van der Waals surface area contributed by atoms with Crippen molar-refractivity contribution in [2.75, 3.05) is 18.5 Å². The molecule has 1 aromatic heterocycles. The van der Waals surface area contributed by atoms with E-state index in [2.05, 4.69) is 5.32 Å². The Morgan fingerprint density at radius 3 is 2.45 bits per heavy atom. The number of nitrogens with zero attached hydrogens (tertiary/aromatic N) is 2. The minimum atomic E-state index is -0.596. The highest BCUT2D eigenvalue weighted by Gasteiger charge is 2.19. The Morgan fingerprint density at radius 1 is 1.14 bits per heavy atom. The van der Waals surface area contributed by atoms with Crippen molar-refractivity contribution in [2.24, 2.45) is 0 Å². The predicted octanol–water partition coefficient (Wildman–Crippen LogP) is 2.53. The molecule has 0 aliphatic rings. The summed E-state index contributed by atoms with van der Waals surface area (Å²) >= 11 is 0. The molecular formula is C21H23N3O5. The fraction of sp³-hybridized carbons (Fsp3) is 0.333. The van der Waals surface area contributed by atoms with Gasteiger partial charge in [0.25, 0.3) is 5.91 Å². The van der Waals surface area contributed by atoms with E-state index in [0.717, 1.165) is 5.56 Å². The van der Waals surface area contributed by atoms with Gasteiger partial charge in [-0.05, 0) is 44.5 Å². The van der Waals surface area contributed by atoms with Crippen LogP contribution in [0.4, 0.5) is 5.69 Å². The van der Waals surface area contributed by atoms with E-state index < -0.39 is 24.5 Å². The molecule has 152 valence electrons. The third kappa shape index (κ3) is 5.94. The van der Waals surface area contributed by atoms with Gasteiger partial charge in [-0.25, -0.2) is 4.79 Å². The molecule has 8 heteroatoms. The molecule has 0 aliphatic heterocycles. The van der Waals surface area contributed by atoms with Crippen LogP contribution in [0.25, 0.3) is 0 Å². The number of benzene rings is 1. The number of hydrogen-bond donors (Lipinski definition) is 1. The Balaban J connectivity index is 1.89. The number of nitriles is 1. The maximum atomic E-state index is 12.1. The molecule has 0 saturated heterocycles. The normalized spacial score (nSPS) is 10.1. The minimum Gasteiger partial charge on any atom is -0.462 e. The van der Waals surface area contributed by atoms with Crippen molar-refractivity contribution >= 4 is 23.5 Å². The Hall–Kier alpha value is -3.60. The van der Waals surface area contributed by atoms with E-state index in [4.69, 9.17) is 14.7 Å². The summed E-state index contributed by atoms with van der Waals surface area (Å²) in [5.74, 6) is -1.51. The molecular weight excluding hydrogens is 374 g/mol. The maximum absolute atomic E-state index is 12.1. The molecule has 0 fully saturated rings. The van der Waals surface area contributed by atoms with Gasteiger partial charge in [-0.3, -0.25) is 9.59 Å². The smallest absolute Gasteiger partial charge is 0.339 e. The number of anilines is 1. The molecule has 0 radical (unpaired) electrons. The van der Waals surface area contributed by atoms with Crippen molar-refractivity contribution in [3.05, 3.63) is 52.8 Å². The van der Waals surface area contributed by atoms with Gasteiger partial charge >= 0.3 is 11.9 Å². The van der Waals surface area contributed by atoms with E-state index in [1.54, 1.807) is 55.7 Å². The van der Waals surface area contributed by atoms with E-state index in [-0.39, 0.29) is 13.2 Å². The van der Waals surface area contributed by atoms with Crippen molar-refractivity contribution < 1.29 is 23.9 Å². The van der Waals surface area contributed by atoms with Gasteiger partial charge in [0.15, 0.2) is 6.61 Å². The van der Waals surface area contributed by atoms with Gasteiger partial charge in [-0.15, -0.1) is 0 Å². The number of esters is 2. The Labute approximate surface area is 169 Å². The lowest BCUT2D eigenvalue weighted by Crippen LogP contribution is -2.23. The third-order valence-electron chi connectivity index (χ3n) is 4.24. The average molecular weight is 397 g/mol. The van der Waals surface area contributed by atoms with Gasteiger partial charge < -0.3 is 19.4 Å². The number of rotatable bonds is 8. The van der Waals surface area contributed by atoms with Crippen LogP contribution in [0.1, 0.15) is 34.2 Å². The quantitative estimate of drug-likeness (QED) is 0.686. The Bertz CT molecular complexity index is 938. The zero-order valence-electron chi connectivity index (χ0n) is 16.7. The van der Waals surface area contributed by atoms with E-state index in [0.29, 0.717) is 29.1 Å². The second kappa shape index (κ2) is 10.1. The fourth-order valence-corrected chi connectivity index (χ4v) is 2.78. The summed E-state index contributed by atoms with van der Waals surface area (Å²) in [4.78, 5) is 36.0. The molecule has 0 atom stereocenters. The molecule has 1 heterocycles. The molecule has 0 spiro atoms. The van der Waals surface area contributed by atoms with Crippen LogP contribution in [0.15, 0.2) is 30.3 Å². The van der Waals surface area contributed by atoms with Gasteiger partial charge in [0, 0.05) is 17.1 Å². The lowest BCUT2D eigenvalue weighted by Gasteiger charge is -2.10. The van der Waals surface area contributed by atoms with Crippen molar-refractivity contribution in [2.45, 2.75) is 33.7 Å². The van der Waals surface area contributed by atoms with Crippen LogP contribution in [0.5, 0.6) is 0 Å². The molecule has 1 amide bonds. The summed E-state index contributed by atoms with van der Waals surface area (Å²) < 4.78 is 11.7. The van der Waals surface area contributed by atoms with E-state index in [1.807, 2.05) is 6.07 Å². The molecule has 0 aliphatic carbocycles. The molecule has 29 heavy (non-hydrogen) atoms. The van der Waals surface area contributed by atoms with Gasteiger partial charge in [0.2, 0.25) is 0 Å². The number of ether oxygens (including phenoxy) is 2. The Morgan fingerprint density at radius 2 is 1.83 bits per heavy atom. The summed E-state index contributed by atoms with van der Waals surface area (Å²) in [6, 6.07) is 10.5. The third-order valence-corrected chi connectivity index (χ3v) is 4.24. The number of nitrogens with one attached hydrogen (secondary N) is 1. The number of amides is 1. The topological polar surface area (TPSA) is 110 Å². The van der Waals surface area contributed by atoms with E-state index >= 15 is 0 Å². The zero-order chi connectivity index (χ0) is 21.4. The standard InChI is InChI=1S/C21H23N3O5/c1-4-28-21(27)18-11-14(2)24(15(18)3)12-20(26)29-13-19(25)23-17-7-5-16(6-8-17)9-10-22/h5-8,11H,4,9,12-13H2,1-3H3,(H,23,25). The second-order valence-corrected chi connectivity index (χ2v) is 6.33. The zero-order valence-corrected chi connectivity index (χ0v) is 16.7. The number of hydrogen-bond acceptors (Lipinski definition) is 6. The number of carbonyl (C=O) groups is 3. The molecule has 1 N–H and O–H groups in total. The lowest BCUT2D eigenvalue weighted by molar-refractivity contribution is -0.147. The first-order valence-electron chi connectivity index (χ1n) is 9.11. The van der Waals surface area contributed by atoms with Crippen LogP contribution in [-0.4, -0.2) is 35.6 Å². The van der Waals surface area contributed by atoms with Crippen molar-refractivity contribution in [1.29, 1.82) is 5.26 Å². The first kappa shape index (κ1) is 21.7. The first-order valence-corrected chi connectivity index (χ1v) is 9.11. The molecule has 8 nitrogen and oxygen atoms in total. The summed E-state index contributed by atoms with van der Waals surface area (Å²) in [6.45, 7) is 4.93. The predicted molar refractivity (Wildman–Crippen MR) is 105 cm³/mol. The van der Waals surface area contributed by atoms with Crippen LogP contribution in [-0.2, 0) is 32.0 Å². The molecule has 0 saturated carbocycles.